The van der Waals surface area contributed by atoms with Crippen LogP contribution in [0.4, 0.5) is 0 Å². The second-order valence-corrected chi connectivity index (χ2v) is 9.34. The van der Waals surface area contributed by atoms with Crippen LogP contribution in [0.3, 0.4) is 0 Å². The number of aryl methyl sites for hydroxylation is 2. The van der Waals surface area contributed by atoms with E-state index in [9.17, 15) is 4.79 Å². The van der Waals surface area contributed by atoms with E-state index in [1.165, 1.54) is 35.1 Å². The molecule has 0 N–H and O–H groups in total. The summed E-state index contributed by atoms with van der Waals surface area (Å²) in [7, 11) is 3.35. The van der Waals surface area contributed by atoms with Crippen molar-refractivity contribution < 1.29 is 14.3 Å². The maximum absolute atomic E-state index is 13.1. The van der Waals surface area contributed by atoms with Crippen LogP contribution >= 0.6 is 12.4 Å². The molecule has 1 unspecified atom stereocenters. The van der Waals surface area contributed by atoms with E-state index in [1.807, 2.05) is 6.07 Å². The molecule has 0 spiro atoms. The molecule has 5 nitrogen and oxygen atoms in total. The van der Waals surface area contributed by atoms with Gasteiger partial charge in [-0.15, -0.1) is 12.4 Å². The fourth-order valence-electron chi connectivity index (χ4n) is 5.12. The lowest BCUT2D eigenvalue weighted by molar-refractivity contribution is 0.0662. The summed E-state index contributed by atoms with van der Waals surface area (Å²) in [5.41, 5.74) is 5.88. The smallest absolute Gasteiger partial charge is 0.254 e. The maximum atomic E-state index is 13.1. The van der Waals surface area contributed by atoms with E-state index < -0.39 is 0 Å². The summed E-state index contributed by atoms with van der Waals surface area (Å²) in [6.45, 7) is 9.18. The Kier molecular flexibility index (Phi) is 8.66. The van der Waals surface area contributed by atoms with Crippen molar-refractivity contribution in [1.82, 2.24) is 9.80 Å². The zero-order valence-corrected chi connectivity index (χ0v) is 21.2. The molecule has 2 aromatic carbocycles. The van der Waals surface area contributed by atoms with Crippen molar-refractivity contribution in [2.45, 2.75) is 39.5 Å². The molecule has 1 saturated heterocycles. The third kappa shape index (κ3) is 5.82. The molecule has 1 amide bonds. The van der Waals surface area contributed by atoms with Crippen LogP contribution in [-0.2, 0) is 12.8 Å². The van der Waals surface area contributed by atoms with Gasteiger partial charge < -0.3 is 19.3 Å². The molecule has 2 aliphatic rings. The number of likely N-dealkylation sites (tertiary alicyclic amines) is 1. The maximum Gasteiger partial charge on any atom is 0.254 e. The Hall–Kier alpha value is -2.24. The average molecular weight is 473 g/mol. The van der Waals surface area contributed by atoms with Crippen molar-refractivity contribution in [3.05, 3.63) is 58.1 Å². The summed E-state index contributed by atoms with van der Waals surface area (Å²) in [5, 5.41) is 0. The van der Waals surface area contributed by atoms with Gasteiger partial charge in [-0.05, 0) is 92.4 Å². The van der Waals surface area contributed by atoms with Gasteiger partial charge in [0.25, 0.3) is 5.91 Å². The lowest BCUT2D eigenvalue weighted by Crippen LogP contribution is -2.45. The number of nitrogens with zero attached hydrogens (tertiary/aromatic N) is 2. The molecule has 4 rings (SSSR count). The number of amides is 1. The lowest BCUT2D eigenvalue weighted by Gasteiger charge is -2.37. The molecule has 2 heterocycles. The first-order valence-electron chi connectivity index (χ1n) is 11.8. The first-order chi connectivity index (χ1) is 15.5. The molecule has 0 aromatic heterocycles. The molecule has 1 fully saturated rings. The highest BCUT2D eigenvalue weighted by Crippen LogP contribution is 2.28. The predicted octanol–water partition coefficient (Wildman–Crippen LogP) is 4.70. The number of piperidine rings is 1. The van der Waals surface area contributed by atoms with E-state index in [0.717, 1.165) is 62.6 Å². The van der Waals surface area contributed by atoms with E-state index in [-0.39, 0.29) is 18.3 Å². The average Bonchev–Trinajstić information content (AvgIpc) is 2.81. The van der Waals surface area contributed by atoms with Crippen molar-refractivity contribution in [3.63, 3.8) is 0 Å². The Balaban J connectivity index is 0.00000306. The van der Waals surface area contributed by atoms with Gasteiger partial charge in [0.15, 0.2) is 11.5 Å². The minimum absolute atomic E-state index is 0. The van der Waals surface area contributed by atoms with E-state index >= 15 is 0 Å². The van der Waals surface area contributed by atoms with Crippen LogP contribution in [0.15, 0.2) is 30.3 Å². The molecule has 0 saturated carbocycles. The second kappa shape index (κ2) is 11.3. The summed E-state index contributed by atoms with van der Waals surface area (Å²) < 4.78 is 10.8. The molecular formula is C27H37ClN2O3. The first-order valence-corrected chi connectivity index (χ1v) is 11.8. The van der Waals surface area contributed by atoms with Crippen molar-refractivity contribution in [1.29, 1.82) is 0 Å². The van der Waals surface area contributed by atoms with Gasteiger partial charge in [0.1, 0.15) is 0 Å². The van der Waals surface area contributed by atoms with Gasteiger partial charge in [0.05, 0.1) is 14.2 Å². The summed E-state index contributed by atoms with van der Waals surface area (Å²) in [5.74, 6) is 2.33. The number of benzene rings is 2. The molecule has 6 heteroatoms. The third-order valence-corrected chi connectivity index (χ3v) is 7.13. The van der Waals surface area contributed by atoms with E-state index in [0.29, 0.717) is 5.92 Å². The van der Waals surface area contributed by atoms with Crippen LogP contribution in [0.2, 0.25) is 0 Å². The van der Waals surface area contributed by atoms with Gasteiger partial charge >= 0.3 is 0 Å². The fraction of sp³-hybridized carbons (Fsp3) is 0.519. The van der Waals surface area contributed by atoms with Crippen molar-refractivity contribution in [2.24, 2.45) is 5.92 Å². The number of hydrogen-bond acceptors (Lipinski definition) is 4. The largest absolute Gasteiger partial charge is 0.493 e. The van der Waals surface area contributed by atoms with E-state index in [2.05, 4.69) is 47.9 Å². The molecule has 1 atom stereocenters. The number of fused-ring (bicyclic) bond motifs is 1. The second-order valence-electron chi connectivity index (χ2n) is 9.34. The number of carbonyl (C=O) groups is 1. The van der Waals surface area contributed by atoms with Gasteiger partial charge in [0.2, 0.25) is 0 Å². The minimum Gasteiger partial charge on any atom is -0.493 e. The van der Waals surface area contributed by atoms with Crippen molar-refractivity contribution in [2.75, 3.05) is 46.9 Å². The highest BCUT2D eigenvalue weighted by Gasteiger charge is 2.29. The first kappa shape index (κ1) is 25.4. The van der Waals surface area contributed by atoms with Crippen LogP contribution in [0.25, 0.3) is 0 Å². The number of hydrogen-bond donors (Lipinski definition) is 0. The number of rotatable bonds is 7. The molecule has 2 aliphatic heterocycles. The van der Waals surface area contributed by atoms with Gasteiger partial charge in [0, 0.05) is 31.7 Å². The zero-order chi connectivity index (χ0) is 22.7. The van der Waals surface area contributed by atoms with Gasteiger partial charge in [-0.1, -0.05) is 12.1 Å². The standard InChI is InChI=1S/C27H36N2O3.ClH/c1-19-14-23-10-13-29(27(30)24(23)15-20(19)2)18-22-6-5-11-28(17-22)12-9-21-7-8-25(31-3)26(16-21)32-4;/h7-8,14-16,22H,5-6,9-13,17-18H2,1-4H3;1H. The Morgan fingerprint density at radius 1 is 1.00 bits per heavy atom. The lowest BCUT2D eigenvalue weighted by atomic mass is 9.92. The number of halogens is 1. The van der Waals surface area contributed by atoms with Crippen LogP contribution in [0.1, 0.15) is 45.5 Å². The molecule has 2 aromatic rings. The van der Waals surface area contributed by atoms with Crippen molar-refractivity contribution >= 4 is 18.3 Å². The Morgan fingerprint density at radius 2 is 1.76 bits per heavy atom. The van der Waals surface area contributed by atoms with Crippen molar-refractivity contribution in [3.8, 4) is 11.5 Å². The topological polar surface area (TPSA) is 42.0 Å². The fourth-order valence-corrected chi connectivity index (χ4v) is 5.12. The molecule has 180 valence electrons. The SMILES string of the molecule is COc1ccc(CCN2CCCC(CN3CCc4cc(C)c(C)cc4C3=O)C2)cc1OC.Cl. The molecule has 0 bridgehead atoms. The molecule has 33 heavy (non-hydrogen) atoms. The zero-order valence-electron chi connectivity index (χ0n) is 20.4. The Labute approximate surface area is 204 Å². The highest BCUT2D eigenvalue weighted by molar-refractivity contribution is 5.97. The Morgan fingerprint density at radius 3 is 2.52 bits per heavy atom. The number of methoxy groups -OCH3 is 2. The van der Waals surface area contributed by atoms with Crippen LogP contribution in [-0.4, -0.2) is 62.7 Å². The molecule has 0 aliphatic carbocycles. The number of carbonyl (C=O) groups excluding carboxylic acids is 1. The quantitative estimate of drug-likeness (QED) is 0.586. The van der Waals surface area contributed by atoms with E-state index in [4.69, 9.17) is 9.47 Å². The summed E-state index contributed by atoms with van der Waals surface area (Å²) >= 11 is 0. The Bertz CT molecular complexity index is 978. The van der Waals surface area contributed by atoms with Gasteiger partial charge in [-0.3, -0.25) is 4.79 Å². The van der Waals surface area contributed by atoms with E-state index in [1.54, 1.807) is 14.2 Å². The molecule has 0 radical (unpaired) electrons. The highest BCUT2D eigenvalue weighted by atomic mass is 35.5. The summed E-state index contributed by atoms with van der Waals surface area (Å²) in [6, 6.07) is 10.5. The molecular weight excluding hydrogens is 436 g/mol. The summed E-state index contributed by atoms with van der Waals surface area (Å²) in [4.78, 5) is 17.8. The number of ether oxygens (including phenoxy) is 2. The van der Waals surface area contributed by atoms with Crippen LogP contribution in [0, 0.1) is 19.8 Å². The minimum atomic E-state index is 0. The predicted molar refractivity (Wildman–Crippen MR) is 135 cm³/mol. The van der Waals surface area contributed by atoms with Gasteiger partial charge in [-0.25, -0.2) is 0 Å². The van der Waals surface area contributed by atoms with Crippen LogP contribution < -0.4 is 9.47 Å². The monoisotopic (exact) mass is 472 g/mol. The third-order valence-electron chi connectivity index (χ3n) is 7.13. The summed E-state index contributed by atoms with van der Waals surface area (Å²) in [6.07, 6.45) is 4.36. The normalized spacial score (nSPS) is 18.5. The van der Waals surface area contributed by atoms with Gasteiger partial charge in [-0.2, -0.15) is 0 Å². The van der Waals surface area contributed by atoms with Crippen LogP contribution in [0.5, 0.6) is 11.5 Å².